The Labute approximate surface area is 238 Å². The summed E-state index contributed by atoms with van der Waals surface area (Å²) in [6, 6.07) is 14.9. The second-order valence-electron chi connectivity index (χ2n) is 8.71. The van der Waals surface area contributed by atoms with Crippen molar-refractivity contribution in [3.05, 3.63) is 69.6 Å². The normalized spacial score (nSPS) is 14.3. The molecule has 0 saturated carbocycles. The van der Waals surface area contributed by atoms with E-state index < -0.39 is 11.1 Å². The molecule has 2 aromatic carbocycles. The molecule has 206 valence electrons. The molecule has 1 saturated heterocycles. The third kappa shape index (κ3) is 5.15. The molecule has 1 aliphatic heterocycles. The summed E-state index contributed by atoms with van der Waals surface area (Å²) in [4.78, 5) is 41.3. The van der Waals surface area contributed by atoms with Crippen LogP contribution in [0.2, 0.25) is 0 Å². The maximum Gasteiger partial charge on any atom is 0.293 e. The van der Waals surface area contributed by atoms with Crippen LogP contribution in [0.15, 0.2) is 53.4 Å². The van der Waals surface area contributed by atoms with Crippen molar-refractivity contribution in [2.45, 2.75) is 6.92 Å². The maximum absolute atomic E-state index is 13.0. The number of aryl methyl sites for hydroxylation is 1. The Bertz CT molecular complexity index is 1620. The van der Waals surface area contributed by atoms with Crippen LogP contribution in [0, 0.1) is 6.92 Å². The second-order valence-corrected chi connectivity index (χ2v) is 10.7. The molecule has 4 aromatic rings. The van der Waals surface area contributed by atoms with E-state index in [0.29, 0.717) is 27.7 Å². The smallest absolute Gasteiger partial charge is 0.293 e. The van der Waals surface area contributed by atoms with Crippen LogP contribution >= 0.6 is 23.1 Å². The molecule has 0 bridgehead atoms. The van der Waals surface area contributed by atoms with Crippen LogP contribution in [0.3, 0.4) is 0 Å². The van der Waals surface area contributed by atoms with Gasteiger partial charge in [-0.2, -0.15) is 5.10 Å². The summed E-state index contributed by atoms with van der Waals surface area (Å²) < 4.78 is 17.9. The predicted molar refractivity (Wildman–Crippen MR) is 155 cm³/mol. The lowest BCUT2D eigenvalue weighted by Gasteiger charge is -2.13. The van der Waals surface area contributed by atoms with Crippen molar-refractivity contribution in [2.75, 3.05) is 34.4 Å². The van der Waals surface area contributed by atoms with E-state index in [9.17, 15) is 14.4 Å². The number of hydrogen-bond donors (Lipinski definition) is 1. The Hall–Kier alpha value is -4.29. The number of nitrogens with zero attached hydrogens (tertiary/aromatic N) is 3. The molecule has 3 amide bonds. The third-order valence-corrected chi connectivity index (χ3v) is 8.27. The molecular formula is C28H26N4O6S2. The number of thiophene rings is 1. The fourth-order valence-electron chi connectivity index (χ4n) is 4.30. The average molecular weight is 579 g/mol. The monoisotopic (exact) mass is 578 g/mol. The Morgan fingerprint density at radius 3 is 2.38 bits per heavy atom. The van der Waals surface area contributed by atoms with Crippen molar-refractivity contribution in [3.8, 4) is 22.9 Å². The lowest BCUT2D eigenvalue weighted by molar-refractivity contribution is -0.122. The number of aromatic nitrogens is 2. The molecule has 0 unspecified atom stereocenters. The number of imide groups is 1. The zero-order valence-electron chi connectivity index (χ0n) is 22.2. The van der Waals surface area contributed by atoms with Gasteiger partial charge in [0.25, 0.3) is 17.1 Å². The van der Waals surface area contributed by atoms with E-state index >= 15 is 0 Å². The van der Waals surface area contributed by atoms with Gasteiger partial charge in [-0.1, -0.05) is 18.2 Å². The van der Waals surface area contributed by atoms with Crippen LogP contribution in [-0.4, -0.2) is 66.2 Å². The average Bonchev–Trinajstić information content (AvgIpc) is 3.62. The van der Waals surface area contributed by atoms with E-state index in [0.717, 1.165) is 38.3 Å². The fraction of sp³-hybridized carbons (Fsp3) is 0.214. The summed E-state index contributed by atoms with van der Waals surface area (Å²) >= 11 is 2.18. The highest BCUT2D eigenvalue weighted by atomic mass is 32.2. The van der Waals surface area contributed by atoms with Crippen LogP contribution in [0.5, 0.6) is 17.2 Å². The van der Waals surface area contributed by atoms with Crippen LogP contribution in [0.4, 0.5) is 4.79 Å². The molecule has 40 heavy (non-hydrogen) atoms. The summed E-state index contributed by atoms with van der Waals surface area (Å²) in [5, 5.41) is 7.93. The molecule has 3 heterocycles. The van der Waals surface area contributed by atoms with Gasteiger partial charge in [0.2, 0.25) is 5.75 Å². The third-order valence-electron chi connectivity index (χ3n) is 6.25. The zero-order valence-corrected chi connectivity index (χ0v) is 23.9. The highest BCUT2D eigenvalue weighted by Gasteiger charge is 2.35. The molecule has 0 radical (unpaired) electrons. The molecular weight excluding hydrogens is 552 g/mol. The van der Waals surface area contributed by atoms with Gasteiger partial charge in [0.15, 0.2) is 11.5 Å². The van der Waals surface area contributed by atoms with Crippen LogP contribution in [0.1, 0.15) is 20.9 Å². The number of thioether (sulfide) groups is 1. The SMILES string of the molecule is COc1cc(/C=C2/SC(=O)N(CCNC(=O)c3cc4c(C)nn(-c5ccccc5)c4s3)C2=O)cc(OC)c1OC. The van der Waals surface area contributed by atoms with Crippen LogP contribution in [-0.2, 0) is 4.79 Å². The van der Waals surface area contributed by atoms with Crippen LogP contribution < -0.4 is 19.5 Å². The van der Waals surface area contributed by atoms with E-state index in [4.69, 9.17) is 14.2 Å². The van der Waals surface area contributed by atoms with E-state index in [-0.39, 0.29) is 23.9 Å². The lowest BCUT2D eigenvalue weighted by Crippen LogP contribution is -2.37. The fourth-order valence-corrected chi connectivity index (χ4v) is 6.26. The van der Waals surface area contributed by atoms with E-state index in [2.05, 4.69) is 10.4 Å². The van der Waals surface area contributed by atoms with Gasteiger partial charge in [-0.25, -0.2) is 4.68 Å². The van der Waals surface area contributed by atoms with Gasteiger partial charge in [0.1, 0.15) is 4.83 Å². The van der Waals surface area contributed by atoms with Crippen molar-refractivity contribution < 1.29 is 28.6 Å². The number of carbonyl (C=O) groups is 3. The van der Waals surface area contributed by atoms with Gasteiger partial charge < -0.3 is 19.5 Å². The topological polar surface area (TPSA) is 112 Å². The number of fused-ring (bicyclic) bond motifs is 1. The maximum atomic E-state index is 13.0. The quantitative estimate of drug-likeness (QED) is 0.280. The van der Waals surface area contributed by atoms with Gasteiger partial charge >= 0.3 is 0 Å². The summed E-state index contributed by atoms with van der Waals surface area (Å²) in [5.74, 6) is 0.585. The van der Waals surface area contributed by atoms with Gasteiger partial charge in [0, 0.05) is 18.5 Å². The molecule has 1 fully saturated rings. The Morgan fingerprint density at radius 2 is 1.73 bits per heavy atom. The number of benzene rings is 2. The Balaban J connectivity index is 1.26. The Kier molecular flexibility index (Phi) is 7.81. The number of amides is 3. The minimum Gasteiger partial charge on any atom is -0.493 e. The number of carbonyl (C=O) groups excluding carboxylic acids is 3. The molecule has 0 aliphatic carbocycles. The first kappa shape index (κ1) is 27.3. The molecule has 12 heteroatoms. The first-order valence-electron chi connectivity index (χ1n) is 12.2. The molecule has 5 rings (SSSR count). The largest absolute Gasteiger partial charge is 0.493 e. The van der Waals surface area contributed by atoms with E-state index in [1.807, 2.05) is 48.0 Å². The predicted octanol–water partition coefficient (Wildman–Crippen LogP) is 4.89. The first-order valence-corrected chi connectivity index (χ1v) is 13.9. The first-order chi connectivity index (χ1) is 19.3. The molecule has 10 nitrogen and oxygen atoms in total. The summed E-state index contributed by atoms with van der Waals surface area (Å²) in [5.41, 5.74) is 2.35. The number of nitrogens with one attached hydrogen (secondary N) is 1. The van der Waals surface area contributed by atoms with Gasteiger partial charge in [0.05, 0.1) is 42.5 Å². The summed E-state index contributed by atoms with van der Waals surface area (Å²) in [7, 11) is 4.51. The highest BCUT2D eigenvalue weighted by molar-refractivity contribution is 8.18. The van der Waals surface area contributed by atoms with Crippen LogP contribution in [0.25, 0.3) is 22.0 Å². The number of hydrogen-bond acceptors (Lipinski definition) is 9. The van der Waals surface area contributed by atoms with E-state index in [1.54, 1.807) is 18.2 Å². The highest BCUT2D eigenvalue weighted by Crippen LogP contribution is 2.40. The number of methoxy groups -OCH3 is 3. The number of rotatable bonds is 9. The van der Waals surface area contributed by atoms with Gasteiger partial charge in [-0.05, 0) is 60.7 Å². The minimum absolute atomic E-state index is 0.0463. The molecule has 1 aliphatic rings. The number of para-hydroxylation sites is 1. The zero-order chi connectivity index (χ0) is 28.4. The van der Waals surface area contributed by atoms with Crippen molar-refractivity contribution >= 4 is 56.4 Å². The van der Waals surface area contributed by atoms with Gasteiger partial charge in [-0.15, -0.1) is 11.3 Å². The standard InChI is InChI=1S/C28H26N4O6S2/c1-16-19-15-22(39-27(19)32(30-16)18-8-6-5-7-9-18)25(33)29-10-11-31-26(34)23(40-28(31)35)14-17-12-20(36-2)24(38-4)21(13-17)37-3/h5-9,12-15H,10-11H2,1-4H3,(H,29,33)/b23-14+. The van der Waals surface area contributed by atoms with Crippen molar-refractivity contribution in [1.82, 2.24) is 20.0 Å². The van der Waals surface area contributed by atoms with E-state index in [1.165, 1.54) is 32.7 Å². The number of ether oxygens (including phenoxy) is 3. The summed E-state index contributed by atoms with van der Waals surface area (Å²) in [6.07, 6.45) is 1.60. The molecule has 2 aromatic heterocycles. The molecule has 0 atom stereocenters. The van der Waals surface area contributed by atoms with Gasteiger partial charge in [-0.3, -0.25) is 19.3 Å². The summed E-state index contributed by atoms with van der Waals surface area (Å²) in [6.45, 7) is 2.07. The van der Waals surface area contributed by atoms with Crippen molar-refractivity contribution in [1.29, 1.82) is 0 Å². The van der Waals surface area contributed by atoms with Crippen molar-refractivity contribution in [3.63, 3.8) is 0 Å². The second kappa shape index (κ2) is 11.4. The Morgan fingerprint density at radius 1 is 1.02 bits per heavy atom. The lowest BCUT2D eigenvalue weighted by atomic mass is 10.1. The van der Waals surface area contributed by atoms with Crippen molar-refractivity contribution in [2.24, 2.45) is 0 Å². The minimum atomic E-state index is -0.432. The molecule has 1 N–H and O–H groups in total. The molecule has 0 spiro atoms.